The fourth-order valence-corrected chi connectivity index (χ4v) is 2.81. The molecule has 2 saturated heterocycles. The van der Waals surface area contributed by atoms with Gasteiger partial charge < -0.3 is 14.4 Å². The van der Waals surface area contributed by atoms with Crippen LogP contribution in [0.25, 0.3) is 0 Å². The van der Waals surface area contributed by atoms with Crippen LogP contribution < -0.4 is 0 Å². The molecule has 0 amide bonds. The number of fused-ring (bicyclic) bond motifs is 1. The van der Waals surface area contributed by atoms with Crippen molar-refractivity contribution in [2.24, 2.45) is 0 Å². The van der Waals surface area contributed by atoms with Crippen molar-refractivity contribution in [2.75, 3.05) is 33.6 Å². The van der Waals surface area contributed by atoms with Crippen LogP contribution in [0.4, 0.5) is 0 Å². The molecule has 0 bridgehead atoms. The Balaban J connectivity index is 2.03. The maximum atomic E-state index is 11.0. The summed E-state index contributed by atoms with van der Waals surface area (Å²) in [5.74, 6) is 0. The van der Waals surface area contributed by atoms with Crippen LogP contribution in [0.2, 0.25) is 0 Å². The molecule has 0 spiro atoms. The Morgan fingerprint density at radius 2 is 1.81 bits per heavy atom. The van der Waals surface area contributed by atoms with Gasteiger partial charge in [-0.15, -0.1) is 0 Å². The average Bonchev–Trinajstić information content (AvgIpc) is 2.65. The Labute approximate surface area is 95.6 Å². The summed E-state index contributed by atoms with van der Waals surface area (Å²) in [5.41, 5.74) is 0. The molecule has 4 unspecified atom stereocenters. The summed E-state index contributed by atoms with van der Waals surface area (Å²) in [4.78, 5) is 2.02. The molecule has 94 valence electrons. The quantitative estimate of drug-likeness (QED) is 0.603. The van der Waals surface area contributed by atoms with Gasteiger partial charge in [0.1, 0.15) is 18.3 Å². The van der Waals surface area contributed by atoms with Crippen molar-refractivity contribution in [2.45, 2.75) is 24.4 Å². The molecular weight excluding hydrogens is 234 g/mol. The lowest BCUT2D eigenvalue weighted by atomic mass is 10.1. The summed E-state index contributed by atoms with van der Waals surface area (Å²) < 4.78 is 38.1. The number of hydrogen-bond donors (Lipinski definition) is 0. The highest BCUT2D eigenvalue weighted by Crippen LogP contribution is 2.31. The number of rotatable bonds is 3. The maximum absolute atomic E-state index is 11.0. The number of ether oxygens (including phenoxy) is 2. The molecule has 2 aliphatic rings. The molecule has 0 radical (unpaired) electrons. The lowest BCUT2D eigenvalue weighted by Gasteiger charge is -2.22. The van der Waals surface area contributed by atoms with E-state index in [0.29, 0.717) is 6.61 Å². The third-order valence-electron chi connectivity index (χ3n) is 2.94. The molecule has 6 nitrogen and oxygen atoms in total. The first-order chi connectivity index (χ1) is 7.38. The standard InChI is InChI=1S/C9H17NO5S/c1-10(2)6-4-13-9-7(5-14-8(6)9)15-16(3,11)12/h6-9H,4-5H2,1-3H3. The van der Waals surface area contributed by atoms with Crippen molar-refractivity contribution >= 4 is 10.1 Å². The maximum Gasteiger partial charge on any atom is 0.264 e. The SMILES string of the molecule is CN(C)C1COC2C(OS(C)(=O)=O)COC21. The monoisotopic (exact) mass is 251 g/mol. The molecule has 2 aliphatic heterocycles. The molecule has 16 heavy (non-hydrogen) atoms. The molecule has 0 saturated carbocycles. The summed E-state index contributed by atoms with van der Waals surface area (Å²) in [6.45, 7) is 0.818. The van der Waals surface area contributed by atoms with Gasteiger partial charge in [-0.05, 0) is 14.1 Å². The van der Waals surface area contributed by atoms with E-state index in [2.05, 4.69) is 0 Å². The van der Waals surface area contributed by atoms with Crippen molar-refractivity contribution in [3.63, 3.8) is 0 Å². The normalized spacial score (nSPS) is 39.2. The van der Waals surface area contributed by atoms with Gasteiger partial charge in [-0.25, -0.2) is 0 Å². The Morgan fingerprint density at radius 3 is 2.38 bits per heavy atom. The molecule has 4 atom stereocenters. The fraction of sp³-hybridized carbons (Fsp3) is 1.00. The van der Waals surface area contributed by atoms with Gasteiger partial charge in [-0.1, -0.05) is 0 Å². The first-order valence-corrected chi connectivity index (χ1v) is 6.98. The van der Waals surface area contributed by atoms with E-state index in [0.717, 1.165) is 6.26 Å². The van der Waals surface area contributed by atoms with Crippen LogP contribution in [0.3, 0.4) is 0 Å². The van der Waals surface area contributed by atoms with Crippen LogP contribution in [-0.2, 0) is 23.8 Å². The molecular formula is C9H17NO5S. The summed E-state index contributed by atoms with van der Waals surface area (Å²) in [6.07, 6.45) is 0.160. The second-order valence-corrected chi connectivity index (χ2v) is 6.07. The van der Waals surface area contributed by atoms with Gasteiger partial charge in [0.15, 0.2) is 0 Å². The van der Waals surface area contributed by atoms with Crippen LogP contribution in [-0.4, -0.2) is 71.2 Å². The smallest absolute Gasteiger partial charge is 0.264 e. The molecule has 0 N–H and O–H groups in total. The third kappa shape index (κ3) is 2.38. The number of nitrogens with zero attached hydrogens (tertiary/aromatic N) is 1. The predicted molar refractivity (Wildman–Crippen MR) is 56.7 cm³/mol. The molecule has 0 aromatic rings. The second kappa shape index (κ2) is 4.23. The largest absolute Gasteiger partial charge is 0.371 e. The van der Waals surface area contributed by atoms with Gasteiger partial charge in [-0.3, -0.25) is 4.18 Å². The Kier molecular flexibility index (Phi) is 3.24. The topological polar surface area (TPSA) is 65.1 Å². The van der Waals surface area contributed by atoms with E-state index in [9.17, 15) is 8.42 Å². The minimum Gasteiger partial charge on any atom is -0.371 e. The second-order valence-electron chi connectivity index (χ2n) is 4.47. The zero-order chi connectivity index (χ0) is 11.9. The fourth-order valence-electron chi connectivity index (χ4n) is 2.19. The van der Waals surface area contributed by atoms with E-state index in [1.807, 2.05) is 19.0 Å². The Hall–Kier alpha value is -0.210. The van der Waals surface area contributed by atoms with Gasteiger partial charge in [0.25, 0.3) is 10.1 Å². The van der Waals surface area contributed by atoms with Crippen LogP contribution in [0, 0.1) is 0 Å². The lowest BCUT2D eigenvalue weighted by molar-refractivity contribution is 0.0315. The molecule has 7 heteroatoms. The summed E-state index contributed by atoms with van der Waals surface area (Å²) in [7, 11) is 0.440. The molecule has 2 heterocycles. The highest BCUT2D eigenvalue weighted by atomic mass is 32.2. The van der Waals surface area contributed by atoms with Crippen molar-refractivity contribution in [1.82, 2.24) is 4.90 Å². The minimum absolute atomic E-state index is 0.0956. The average molecular weight is 251 g/mol. The van der Waals surface area contributed by atoms with Crippen LogP contribution in [0.5, 0.6) is 0 Å². The Bertz CT molecular complexity index is 355. The molecule has 2 rings (SSSR count). The minimum atomic E-state index is -3.46. The van der Waals surface area contributed by atoms with E-state index >= 15 is 0 Å². The van der Waals surface area contributed by atoms with Crippen molar-refractivity contribution in [1.29, 1.82) is 0 Å². The number of likely N-dealkylation sites (N-methyl/N-ethyl adjacent to an activating group) is 1. The summed E-state index contributed by atoms with van der Waals surface area (Å²) in [6, 6.07) is 0.165. The molecule has 0 aromatic carbocycles. The van der Waals surface area contributed by atoms with Gasteiger partial charge in [0, 0.05) is 0 Å². The third-order valence-corrected chi connectivity index (χ3v) is 3.54. The highest BCUT2D eigenvalue weighted by Gasteiger charge is 2.49. The molecule has 2 fully saturated rings. The van der Waals surface area contributed by atoms with Crippen LogP contribution in [0.15, 0.2) is 0 Å². The zero-order valence-electron chi connectivity index (χ0n) is 9.62. The van der Waals surface area contributed by atoms with E-state index < -0.39 is 16.2 Å². The summed E-state index contributed by atoms with van der Waals surface area (Å²) in [5, 5.41) is 0. The van der Waals surface area contributed by atoms with Gasteiger partial charge in [-0.2, -0.15) is 8.42 Å². The van der Waals surface area contributed by atoms with E-state index in [-0.39, 0.29) is 24.9 Å². The number of hydrogen-bond acceptors (Lipinski definition) is 6. The predicted octanol–water partition coefficient (Wildman–Crippen LogP) is -0.941. The zero-order valence-corrected chi connectivity index (χ0v) is 10.4. The Morgan fingerprint density at radius 1 is 1.19 bits per heavy atom. The van der Waals surface area contributed by atoms with Crippen molar-refractivity contribution < 1.29 is 22.1 Å². The van der Waals surface area contributed by atoms with Crippen molar-refractivity contribution in [3.05, 3.63) is 0 Å². The van der Waals surface area contributed by atoms with Crippen molar-refractivity contribution in [3.8, 4) is 0 Å². The molecule has 0 aliphatic carbocycles. The van der Waals surface area contributed by atoms with E-state index in [1.54, 1.807) is 0 Å². The first kappa shape index (κ1) is 12.3. The highest BCUT2D eigenvalue weighted by molar-refractivity contribution is 7.86. The summed E-state index contributed by atoms with van der Waals surface area (Å²) >= 11 is 0. The van der Waals surface area contributed by atoms with Gasteiger partial charge in [0.05, 0.1) is 25.5 Å². The first-order valence-electron chi connectivity index (χ1n) is 5.16. The van der Waals surface area contributed by atoms with Crippen LogP contribution >= 0.6 is 0 Å². The van der Waals surface area contributed by atoms with E-state index in [4.69, 9.17) is 13.7 Å². The van der Waals surface area contributed by atoms with Gasteiger partial charge >= 0.3 is 0 Å². The van der Waals surface area contributed by atoms with Gasteiger partial charge in [0.2, 0.25) is 0 Å². The molecule has 0 aromatic heterocycles. The lowest BCUT2D eigenvalue weighted by Crippen LogP contribution is -2.40. The van der Waals surface area contributed by atoms with Crippen LogP contribution in [0.1, 0.15) is 0 Å². The van der Waals surface area contributed by atoms with E-state index in [1.165, 1.54) is 0 Å².